The van der Waals surface area contributed by atoms with Crippen LogP contribution in [0.4, 0.5) is 11.4 Å². The molecular formula is C20H27N3O5S2. The standard InChI is InChI=1S/C20H27N3O5S2/c1-3-22(4-2)14-8-10-15(11-9-14)23-16-12-30(27,28)13-17(16)29-20(23)21-18(24)6-5-7-19(25)26/h8-11,16-17H,3-7,12-13H2,1-2H3,(H,25,26)/t16-,17-/m1/s1. The van der Waals surface area contributed by atoms with Gasteiger partial charge in [-0.25, -0.2) is 8.42 Å². The predicted molar refractivity (Wildman–Crippen MR) is 120 cm³/mol. The molecule has 0 aromatic heterocycles. The number of carboxylic acid groups (broad SMARTS) is 1. The summed E-state index contributed by atoms with van der Waals surface area (Å²) in [5.74, 6) is -1.22. The van der Waals surface area contributed by atoms with Crippen LogP contribution in [0.3, 0.4) is 0 Å². The van der Waals surface area contributed by atoms with Gasteiger partial charge in [0.05, 0.1) is 17.5 Å². The average Bonchev–Trinajstić information content (AvgIpc) is 3.13. The number of benzene rings is 1. The molecule has 0 unspecified atom stereocenters. The molecule has 2 fully saturated rings. The molecule has 2 atom stereocenters. The number of hydrogen-bond acceptors (Lipinski definition) is 6. The van der Waals surface area contributed by atoms with Crippen LogP contribution in [0.25, 0.3) is 0 Å². The van der Waals surface area contributed by atoms with E-state index < -0.39 is 15.8 Å². The second kappa shape index (κ2) is 9.38. The Balaban J connectivity index is 1.85. The molecule has 0 spiro atoms. The number of amides is 1. The highest BCUT2D eigenvalue weighted by Gasteiger charge is 2.49. The topological polar surface area (TPSA) is 107 Å². The number of hydrogen-bond donors (Lipinski definition) is 1. The first-order valence-electron chi connectivity index (χ1n) is 10.1. The van der Waals surface area contributed by atoms with Crippen LogP contribution in [0.5, 0.6) is 0 Å². The molecule has 1 aromatic rings. The lowest BCUT2D eigenvalue weighted by molar-refractivity contribution is -0.137. The van der Waals surface area contributed by atoms with Crippen LogP contribution >= 0.6 is 11.8 Å². The van der Waals surface area contributed by atoms with Gasteiger partial charge in [-0.3, -0.25) is 9.59 Å². The molecule has 2 saturated heterocycles. The van der Waals surface area contributed by atoms with E-state index >= 15 is 0 Å². The van der Waals surface area contributed by atoms with E-state index in [1.54, 1.807) is 0 Å². The normalized spacial score (nSPS) is 23.5. The van der Waals surface area contributed by atoms with Crippen molar-refractivity contribution in [3.63, 3.8) is 0 Å². The van der Waals surface area contributed by atoms with Gasteiger partial charge in [0.15, 0.2) is 15.0 Å². The van der Waals surface area contributed by atoms with Gasteiger partial charge in [-0.05, 0) is 44.5 Å². The first-order valence-corrected chi connectivity index (χ1v) is 12.8. The third-order valence-corrected chi connectivity index (χ3v) is 8.53. The molecule has 1 N–H and O–H groups in total. The van der Waals surface area contributed by atoms with Gasteiger partial charge in [-0.2, -0.15) is 4.99 Å². The minimum Gasteiger partial charge on any atom is -0.481 e. The van der Waals surface area contributed by atoms with Crippen LogP contribution in [0, 0.1) is 0 Å². The zero-order valence-electron chi connectivity index (χ0n) is 17.2. The number of nitrogens with zero attached hydrogens (tertiary/aromatic N) is 3. The summed E-state index contributed by atoms with van der Waals surface area (Å²) in [7, 11) is -3.13. The Kier molecular flexibility index (Phi) is 7.07. The highest BCUT2D eigenvalue weighted by atomic mass is 32.2. The number of carbonyl (C=O) groups excluding carboxylic acids is 1. The summed E-state index contributed by atoms with van der Waals surface area (Å²) in [6.45, 7) is 5.94. The van der Waals surface area contributed by atoms with E-state index in [-0.39, 0.29) is 48.0 Å². The molecule has 3 rings (SSSR count). The zero-order chi connectivity index (χ0) is 21.9. The number of aliphatic carboxylic acids is 1. The molecule has 164 valence electrons. The van der Waals surface area contributed by atoms with Gasteiger partial charge in [0.25, 0.3) is 0 Å². The maximum absolute atomic E-state index is 12.3. The monoisotopic (exact) mass is 453 g/mol. The summed E-state index contributed by atoms with van der Waals surface area (Å²) in [6.07, 6.45) is 0.206. The minimum atomic E-state index is -3.13. The zero-order valence-corrected chi connectivity index (χ0v) is 18.8. The number of sulfone groups is 1. The van der Waals surface area contributed by atoms with Gasteiger partial charge < -0.3 is 14.9 Å². The quantitative estimate of drug-likeness (QED) is 0.639. The van der Waals surface area contributed by atoms with Crippen LogP contribution < -0.4 is 9.80 Å². The third kappa shape index (κ3) is 5.15. The average molecular weight is 454 g/mol. The van der Waals surface area contributed by atoms with Crippen molar-refractivity contribution in [1.29, 1.82) is 0 Å². The fourth-order valence-corrected chi connectivity index (χ4v) is 7.76. The lowest BCUT2D eigenvalue weighted by atomic mass is 10.2. The number of fused-ring (bicyclic) bond motifs is 1. The Hall–Kier alpha value is -2.07. The Labute approximate surface area is 181 Å². The third-order valence-electron chi connectivity index (χ3n) is 5.32. The minimum absolute atomic E-state index is 0.0364. The second-order valence-corrected chi connectivity index (χ2v) is 10.8. The maximum Gasteiger partial charge on any atom is 0.303 e. The molecule has 2 aliphatic rings. The van der Waals surface area contributed by atoms with Gasteiger partial charge in [-0.15, -0.1) is 0 Å². The van der Waals surface area contributed by atoms with Gasteiger partial charge >= 0.3 is 5.97 Å². The molecular weight excluding hydrogens is 426 g/mol. The van der Waals surface area contributed by atoms with Gasteiger partial charge in [0.1, 0.15) is 0 Å². The molecule has 0 radical (unpaired) electrons. The van der Waals surface area contributed by atoms with Crippen LogP contribution in [0.2, 0.25) is 0 Å². The SMILES string of the molecule is CCN(CC)c1ccc(N2C(=NC(=O)CCCC(=O)O)S[C@@H]3CS(=O)(=O)C[C@H]32)cc1. The summed E-state index contributed by atoms with van der Waals surface area (Å²) >= 11 is 1.32. The Morgan fingerprint density at radius 3 is 2.43 bits per heavy atom. The smallest absolute Gasteiger partial charge is 0.303 e. The molecule has 2 heterocycles. The molecule has 8 nitrogen and oxygen atoms in total. The summed E-state index contributed by atoms with van der Waals surface area (Å²) in [5.41, 5.74) is 1.88. The van der Waals surface area contributed by atoms with Crippen molar-refractivity contribution in [2.45, 2.75) is 44.4 Å². The molecule has 1 aromatic carbocycles. The first-order chi connectivity index (χ1) is 14.2. The fraction of sp³-hybridized carbons (Fsp3) is 0.550. The van der Waals surface area contributed by atoms with E-state index in [1.165, 1.54) is 11.8 Å². The van der Waals surface area contributed by atoms with Crippen LogP contribution in [0.15, 0.2) is 29.3 Å². The molecule has 30 heavy (non-hydrogen) atoms. The number of carboxylic acids is 1. The molecule has 0 bridgehead atoms. The summed E-state index contributed by atoms with van der Waals surface area (Å²) in [5, 5.41) is 9.07. The van der Waals surface area contributed by atoms with Gasteiger partial charge in [0.2, 0.25) is 5.91 Å². The van der Waals surface area contributed by atoms with E-state index in [0.717, 1.165) is 24.5 Å². The number of thioether (sulfide) groups is 1. The van der Waals surface area contributed by atoms with Crippen molar-refractivity contribution in [3.05, 3.63) is 24.3 Å². The molecule has 1 amide bonds. The molecule has 2 aliphatic heterocycles. The predicted octanol–water partition coefficient (Wildman–Crippen LogP) is 2.39. The number of aliphatic imine (C=N–C) groups is 1. The van der Waals surface area contributed by atoms with Crippen molar-refractivity contribution in [2.75, 3.05) is 34.4 Å². The second-order valence-electron chi connectivity index (χ2n) is 7.39. The fourth-order valence-electron chi connectivity index (χ4n) is 3.83. The maximum atomic E-state index is 12.3. The van der Waals surface area contributed by atoms with Crippen molar-refractivity contribution in [2.24, 2.45) is 4.99 Å². The summed E-state index contributed by atoms with van der Waals surface area (Å²) < 4.78 is 24.3. The Morgan fingerprint density at radius 2 is 1.83 bits per heavy atom. The van der Waals surface area contributed by atoms with Crippen LogP contribution in [-0.4, -0.2) is 66.5 Å². The Morgan fingerprint density at radius 1 is 1.17 bits per heavy atom. The number of amidine groups is 1. The molecule has 0 saturated carbocycles. The summed E-state index contributed by atoms with van der Waals surface area (Å²) in [4.78, 5) is 31.2. The number of anilines is 2. The Bertz CT molecular complexity index is 926. The highest BCUT2D eigenvalue weighted by molar-refractivity contribution is 8.16. The van der Waals surface area contributed by atoms with Crippen LogP contribution in [-0.2, 0) is 19.4 Å². The van der Waals surface area contributed by atoms with Crippen molar-refractivity contribution >= 4 is 50.0 Å². The van der Waals surface area contributed by atoms with Crippen LogP contribution in [0.1, 0.15) is 33.1 Å². The van der Waals surface area contributed by atoms with E-state index in [1.807, 2.05) is 29.2 Å². The van der Waals surface area contributed by atoms with Crippen molar-refractivity contribution in [3.8, 4) is 0 Å². The number of rotatable bonds is 8. The molecule has 0 aliphatic carbocycles. The van der Waals surface area contributed by atoms with Gasteiger partial charge in [-0.1, -0.05) is 11.8 Å². The lowest BCUT2D eigenvalue weighted by Gasteiger charge is -2.26. The van der Waals surface area contributed by atoms with E-state index in [2.05, 4.69) is 23.7 Å². The number of carbonyl (C=O) groups is 2. The lowest BCUT2D eigenvalue weighted by Crippen LogP contribution is -2.37. The van der Waals surface area contributed by atoms with Gasteiger partial charge in [0, 0.05) is 42.6 Å². The van der Waals surface area contributed by atoms with E-state index in [0.29, 0.717) is 5.17 Å². The largest absolute Gasteiger partial charge is 0.481 e. The van der Waals surface area contributed by atoms with E-state index in [4.69, 9.17) is 5.11 Å². The molecule has 10 heteroatoms. The summed E-state index contributed by atoms with van der Waals surface area (Å²) in [6, 6.07) is 7.61. The van der Waals surface area contributed by atoms with Crippen molar-refractivity contribution in [1.82, 2.24) is 0 Å². The van der Waals surface area contributed by atoms with Crippen molar-refractivity contribution < 1.29 is 23.1 Å². The van der Waals surface area contributed by atoms with E-state index in [9.17, 15) is 18.0 Å². The highest BCUT2D eigenvalue weighted by Crippen LogP contribution is 2.41. The first kappa shape index (κ1) is 22.6.